The minimum absolute atomic E-state index is 0.0961. The second-order valence-electron chi connectivity index (χ2n) is 5.71. The van der Waals surface area contributed by atoms with E-state index in [-0.39, 0.29) is 5.56 Å². The molecule has 0 atom stereocenters. The average molecular weight is 351 g/mol. The number of fused-ring (bicyclic) bond motifs is 3. The van der Waals surface area contributed by atoms with Crippen LogP contribution in [0.1, 0.15) is 15.9 Å². The van der Waals surface area contributed by atoms with Gasteiger partial charge in [0.2, 0.25) is 0 Å². The van der Waals surface area contributed by atoms with E-state index in [2.05, 4.69) is 4.98 Å². The van der Waals surface area contributed by atoms with E-state index < -0.39 is 5.97 Å². The molecule has 4 nitrogen and oxygen atoms in total. The minimum atomic E-state index is -1.24. The number of aromatic nitrogens is 1. The Kier molecular flexibility index (Phi) is 3.82. The maximum atomic E-state index is 11.4. The van der Waals surface area contributed by atoms with Crippen LogP contribution >= 0.6 is 11.6 Å². The van der Waals surface area contributed by atoms with Crippen LogP contribution in [0.2, 0.25) is 5.02 Å². The number of hydrogen-bond donors (Lipinski definition) is 1. The van der Waals surface area contributed by atoms with Crippen molar-refractivity contribution in [2.75, 3.05) is 0 Å². The van der Waals surface area contributed by atoms with Gasteiger partial charge in [-0.3, -0.25) is 0 Å². The van der Waals surface area contributed by atoms with Gasteiger partial charge in [-0.15, -0.1) is 0 Å². The summed E-state index contributed by atoms with van der Waals surface area (Å²) in [4.78, 5) is 14.5. The van der Waals surface area contributed by atoms with Gasteiger partial charge in [-0.25, -0.2) is 0 Å². The molecule has 5 heteroatoms. The SMILES string of the molecule is O=C([O-])c1cccc2c1[nH]c1c(Cl)ccc(OCc3ccccc3)c12. The van der Waals surface area contributed by atoms with Crippen LogP contribution < -0.4 is 9.84 Å². The molecule has 25 heavy (non-hydrogen) atoms. The summed E-state index contributed by atoms with van der Waals surface area (Å²) in [6, 6.07) is 18.4. The number of carboxylic acid groups (broad SMARTS) is 1. The van der Waals surface area contributed by atoms with Crippen molar-refractivity contribution in [2.24, 2.45) is 0 Å². The molecule has 0 saturated heterocycles. The van der Waals surface area contributed by atoms with Crippen molar-refractivity contribution < 1.29 is 14.6 Å². The number of benzene rings is 3. The Bertz CT molecular complexity index is 1090. The van der Waals surface area contributed by atoms with E-state index in [0.717, 1.165) is 16.3 Å². The third-order valence-corrected chi connectivity index (χ3v) is 4.47. The van der Waals surface area contributed by atoms with Crippen molar-refractivity contribution >= 4 is 39.4 Å². The molecule has 4 aromatic rings. The van der Waals surface area contributed by atoms with E-state index in [0.29, 0.717) is 28.4 Å². The molecule has 1 aromatic heterocycles. The maximum Gasteiger partial charge on any atom is 0.129 e. The van der Waals surface area contributed by atoms with E-state index in [1.54, 1.807) is 18.2 Å². The number of rotatable bonds is 4. The van der Waals surface area contributed by atoms with Gasteiger partial charge in [-0.05, 0) is 17.7 Å². The molecule has 0 bridgehead atoms. The van der Waals surface area contributed by atoms with Crippen molar-refractivity contribution in [1.29, 1.82) is 0 Å². The Morgan fingerprint density at radius 3 is 2.56 bits per heavy atom. The van der Waals surface area contributed by atoms with Crippen molar-refractivity contribution in [2.45, 2.75) is 6.61 Å². The van der Waals surface area contributed by atoms with E-state index in [4.69, 9.17) is 16.3 Å². The highest BCUT2D eigenvalue weighted by atomic mass is 35.5. The molecule has 0 radical (unpaired) electrons. The molecule has 0 saturated carbocycles. The Morgan fingerprint density at radius 2 is 1.80 bits per heavy atom. The third-order valence-electron chi connectivity index (χ3n) is 4.16. The molecule has 3 aromatic carbocycles. The van der Waals surface area contributed by atoms with Crippen LogP contribution in [0.15, 0.2) is 60.7 Å². The zero-order chi connectivity index (χ0) is 17.4. The van der Waals surface area contributed by atoms with Crippen molar-refractivity contribution in [1.82, 2.24) is 4.98 Å². The van der Waals surface area contributed by atoms with E-state index in [1.807, 2.05) is 36.4 Å². The van der Waals surface area contributed by atoms with Gasteiger partial charge in [0, 0.05) is 10.9 Å². The van der Waals surface area contributed by atoms with Gasteiger partial charge in [0.25, 0.3) is 0 Å². The fourth-order valence-electron chi connectivity index (χ4n) is 2.99. The van der Waals surface area contributed by atoms with Crippen LogP contribution in [-0.4, -0.2) is 11.0 Å². The van der Waals surface area contributed by atoms with Gasteiger partial charge in [0.1, 0.15) is 12.4 Å². The maximum absolute atomic E-state index is 11.4. The number of H-pyrrole nitrogens is 1. The summed E-state index contributed by atoms with van der Waals surface area (Å²) in [6.45, 7) is 0.407. The monoisotopic (exact) mass is 350 g/mol. The van der Waals surface area contributed by atoms with Gasteiger partial charge in [0.15, 0.2) is 0 Å². The summed E-state index contributed by atoms with van der Waals surface area (Å²) in [5.74, 6) is -0.593. The molecule has 4 rings (SSSR count). The molecule has 124 valence electrons. The number of halogens is 1. The topological polar surface area (TPSA) is 65.1 Å². The van der Waals surface area contributed by atoms with Crippen LogP contribution in [-0.2, 0) is 6.61 Å². The first-order chi connectivity index (χ1) is 12.1. The first kappa shape index (κ1) is 15.5. The van der Waals surface area contributed by atoms with Crippen molar-refractivity contribution in [3.63, 3.8) is 0 Å². The first-order valence-electron chi connectivity index (χ1n) is 7.76. The molecule has 0 unspecified atom stereocenters. The predicted molar refractivity (Wildman–Crippen MR) is 95.9 cm³/mol. The molecule has 0 amide bonds. The summed E-state index contributed by atoms with van der Waals surface area (Å²) in [7, 11) is 0. The summed E-state index contributed by atoms with van der Waals surface area (Å²) in [6.07, 6.45) is 0. The highest BCUT2D eigenvalue weighted by molar-refractivity contribution is 6.37. The van der Waals surface area contributed by atoms with Crippen LogP contribution in [0.4, 0.5) is 0 Å². The van der Waals surface area contributed by atoms with Crippen molar-refractivity contribution in [3.8, 4) is 5.75 Å². The highest BCUT2D eigenvalue weighted by Gasteiger charge is 2.15. The molecular formula is C20H13ClNO3-. The van der Waals surface area contributed by atoms with Gasteiger partial charge < -0.3 is 19.6 Å². The van der Waals surface area contributed by atoms with Gasteiger partial charge in [0.05, 0.1) is 27.4 Å². The minimum Gasteiger partial charge on any atom is -0.545 e. The van der Waals surface area contributed by atoms with E-state index >= 15 is 0 Å². The Labute approximate surface area is 148 Å². The predicted octanol–water partition coefficient (Wildman–Crippen LogP) is 3.92. The van der Waals surface area contributed by atoms with Crippen LogP contribution in [0.25, 0.3) is 21.8 Å². The summed E-state index contributed by atoms with van der Waals surface area (Å²) < 4.78 is 5.99. The lowest BCUT2D eigenvalue weighted by Gasteiger charge is -2.09. The molecule has 0 fully saturated rings. The number of aromatic amines is 1. The number of nitrogens with one attached hydrogen (secondary N) is 1. The second kappa shape index (κ2) is 6.15. The summed E-state index contributed by atoms with van der Waals surface area (Å²) >= 11 is 6.30. The molecule has 0 aliphatic heterocycles. The van der Waals surface area contributed by atoms with Crippen LogP contribution in [0, 0.1) is 0 Å². The number of ether oxygens (including phenoxy) is 1. The molecule has 0 spiro atoms. The number of carboxylic acids is 1. The van der Waals surface area contributed by atoms with Crippen LogP contribution in [0.3, 0.4) is 0 Å². The second-order valence-corrected chi connectivity index (χ2v) is 6.12. The zero-order valence-electron chi connectivity index (χ0n) is 13.1. The quantitative estimate of drug-likeness (QED) is 0.606. The fourth-order valence-corrected chi connectivity index (χ4v) is 3.20. The summed E-state index contributed by atoms with van der Waals surface area (Å²) in [5, 5.41) is 13.4. The van der Waals surface area contributed by atoms with Crippen LogP contribution in [0.5, 0.6) is 5.75 Å². The molecule has 0 aliphatic rings. The van der Waals surface area contributed by atoms with Crippen molar-refractivity contribution in [3.05, 3.63) is 76.8 Å². The lowest BCUT2D eigenvalue weighted by atomic mass is 10.1. The smallest absolute Gasteiger partial charge is 0.129 e. The van der Waals surface area contributed by atoms with E-state index in [1.165, 1.54) is 6.07 Å². The lowest BCUT2D eigenvalue weighted by Crippen LogP contribution is -2.22. The molecule has 1 N–H and O–H groups in total. The number of aromatic carboxylic acids is 1. The van der Waals surface area contributed by atoms with Gasteiger partial charge in [-0.1, -0.05) is 60.1 Å². The number of para-hydroxylation sites is 1. The fraction of sp³-hybridized carbons (Fsp3) is 0.0500. The normalized spacial score (nSPS) is 11.1. The zero-order valence-corrected chi connectivity index (χ0v) is 13.8. The number of carbonyl (C=O) groups is 1. The lowest BCUT2D eigenvalue weighted by molar-refractivity contribution is -0.254. The number of hydrogen-bond acceptors (Lipinski definition) is 3. The molecule has 0 aliphatic carbocycles. The summed E-state index contributed by atoms with van der Waals surface area (Å²) in [5.41, 5.74) is 2.27. The van der Waals surface area contributed by atoms with E-state index in [9.17, 15) is 9.90 Å². The third kappa shape index (κ3) is 2.71. The Morgan fingerprint density at radius 1 is 1.00 bits per heavy atom. The van der Waals surface area contributed by atoms with Gasteiger partial charge in [-0.2, -0.15) is 0 Å². The average Bonchev–Trinajstić information content (AvgIpc) is 3.02. The Hall–Kier alpha value is -2.98. The molecule has 1 heterocycles. The Balaban J connectivity index is 1.87. The van der Waals surface area contributed by atoms with Gasteiger partial charge >= 0.3 is 0 Å². The largest absolute Gasteiger partial charge is 0.545 e. The standard InChI is InChI=1S/C20H14ClNO3/c21-15-9-10-16(25-11-12-5-2-1-3-6-12)17-13-7-4-8-14(20(23)24)18(13)22-19(15)17/h1-10,22H,11H2,(H,23,24)/p-1. The first-order valence-corrected chi connectivity index (χ1v) is 8.14. The number of carbonyl (C=O) groups excluding carboxylic acids is 1. The molecular weight excluding hydrogens is 338 g/mol. The highest BCUT2D eigenvalue weighted by Crippen LogP contribution is 2.38.